The van der Waals surface area contributed by atoms with Crippen LogP contribution in [0.5, 0.6) is 0 Å². The van der Waals surface area contributed by atoms with Crippen LogP contribution in [0.15, 0.2) is 48.5 Å². The lowest BCUT2D eigenvalue weighted by Crippen LogP contribution is -2.20. The number of likely N-dealkylation sites (N-methyl/N-ethyl adjacent to an activating group) is 1. The molecule has 3 rings (SSSR count). The molecule has 0 aliphatic rings. The summed E-state index contributed by atoms with van der Waals surface area (Å²) in [7, 11) is 2.16. The molecule has 4 N–H and O–H groups in total. The molecular weight excluding hydrogens is 290 g/mol. The van der Waals surface area contributed by atoms with Gasteiger partial charge < -0.3 is 16.4 Å². The first-order valence-electron chi connectivity index (χ1n) is 7.41. The van der Waals surface area contributed by atoms with Crippen LogP contribution >= 0.6 is 11.3 Å². The maximum absolute atomic E-state index is 5.84. The number of fused-ring (bicyclic) bond motifs is 1. The number of rotatable bonds is 5. The van der Waals surface area contributed by atoms with Crippen molar-refractivity contribution in [1.82, 2.24) is 4.90 Å². The Hall–Kier alpha value is -2.04. The Morgan fingerprint density at radius 3 is 2.45 bits per heavy atom. The first-order valence-corrected chi connectivity index (χ1v) is 8.23. The molecule has 3 nitrogen and oxygen atoms in total. The molecule has 22 heavy (non-hydrogen) atoms. The van der Waals surface area contributed by atoms with Gasteiger partial charge in [0, 0.05) is 34.0 Å². The van der Waals surface area contributed by atoms with Crippen molar-refractivity contribution in [3.63, 3.8) is 0 Å². The van der Waals surface area contributed by atoms with Crippen LogP contribution in [0, 0.1) is 0 Å². The van der Waals surface area contributed by atoms with Crippen molar-refractivity contribution in [2.45, 2.75) is 13.0 Å². The van der Waals surface area contributed by atoms with Crippen LogP contribution in [0.2, 0.25) is 0 Å². The minimum absolute atomic E-state index is 0.821. The lowest BCUT2D eigenvalue weighted by molar-refractivity contribution is 0.334. The Bertz CT molecular complexity index is 762. The third kappa shape index (κ3) is 3.59. The number of hydrogen-bond donors (Lipinski definition) is 2. The van der Waals surface area contributed by atoms with Crippen LogP contribution in [0.1, 0.15) is 10.4 Å². The molecule has 2 aromatic carbocycles. The average Bonchev–Trinajstić information content (AvgIpc) is 2.88. The normalized spacial score (nSPS) is 11.4. The van der Waals surface area contributed by atoms with Crippen LogP contribution in [0.4, 0.5) is 11.4 Å². The second-order valence-electron chi connectivity index (χ2n) is 5.74. The summed E-state index contributed by atoms with van der Waals surface area (Å²) in [5.41, 5.74) is 14.5. The zero-order chi connectivity index (χ0) is 15.5. The highest BCUT2D eigenvalue weighted by molar-refractivity contribution is 7.19. The molecule has 0 saturated carbocycles. The Morgan fingerprint density at radius 2 is 1.68 bits per heavy atom. The molecule has 0 spiro atoms. The molecule has 0 saturated heterocycles. The zero-order valence-corrected chi connectivity index (χ0v) is 13.6. The fourth-order valence-electron chi connectivity index (χ4n) is 2.54. The maximum Gasteiger partial charge on any atom is 0.0347 e. The second kappa shape index (κ2) is 6.38. The summed E-state index contributed by atoms with van der Waals surface area (Å²) < 4.78 is 1.30. The van der Waals surface area contributed by atoms with E-state index < -0.39 is 0 Å². The van der Waals surface area contributed by atoms with Crippen molar-refractivity contribution in [3.8, 4) is 0 Å². The van der Waals surface area contributed by atoms with E-state index in [9.17, 15) is 0 Å². The minimum Gasteiger partial charge on any atom is -0.399 e. The van der Waals surface area contributed by atoms with Crippen molar-refractivity contribution in [2.75, 3.05) is 25.1 Å². The summed E-state index contributed by atoms with van der Waals surface area (Å²) in [5.74, 6) is 0. The molecule has 0 radical (unpaired) electrons. The summed E-state index contributed by atoms with van der Waals surface area (Å²) in [4.78, 5) is 3.73. The molecule has 0 aliphatic carbocycles. The largest absolute Gasteiger partial charge is 0.399 e. The van der Waals surface area contributed by atoms with Crippen LogP contribution in [0.3, 0.4) is 0 Å². The predicted molar refractivity (Wildman–Crippen MR) is 97.1 cm³/mol. The van der Waals surface area contributed by atoms with Gasteiger partial charge in [-0.1, -0.05) is 12.1 Å². The maximum atomic E-state index is 5.84. The molecule has 4 heteroatoms. The fraction of sp³-hybridized carbons (Fsp3) is 0.222. The molecule has 114 valence electrons. The number of thiophene rings is 1. The van der Waals surface area contributed by atoms with E-state index in [1.54, 1.807) is 0 Å². The molecule has 0 amide bonds. The first-order chi connectivity index (χ1) is 10.6. The minimum atomic E-state index is 0.821. The van der Waals surface area contributed by atoms with Crippen LogP contribution in [-0.2, 0) is 13.0 Å². The molecule has 0 atom stereocenters. The van der Waals surface area contributed by atoms with Crippen LogP contribution in [0.25, 0.3) is 10.1 Å². The number of anilines is 2. The van der Waals surface area contributed by atoms with Crippen LogP contribution < -0.4 is 11.5 Å². The van der Waals surface area contributed by atoms with E-state index >= 15 is 0 Å². The lowest BCUT2D eigenvalue weighted by atomic mass is 10.1. The third-order valence-electron chi connectivity index (χ3n) is 3.78. The van der Waals surface area contributed by atoms with E-state index in [0.29, 0.717) is 0 Å². The topological polar surface area (TPSA) is 55.3 Å². The van der Waals surface area contributed by atoms with Gasteiger partial charge in [-0.3, -0.25) is 0 Å². The second-order valence-corrected chi connectivity index (χ2v) is 6.91. The highest BCUT2D eigenvalue weighted by Gasteiger charge is 2.06. The predicted octanol–water partition coefficient (Wildman–Crippen LogP) is 3.74. The Morgan fingerprint density at radius 1 is 0.955 bits per heavy atom. The van der Waals surface area contributed by atoms with Crippen LogP contribution in [-0.4, -0.2) is 18.5 Å². The van der Waals surface area contributed by atoms with Gasteiger partial charge in [0.1, 0.15) is 0 Å². The summed E-state index contributed by atoms with van der Waals surface area (Å²) >= 11 is 1.84. The molecule has 1 aromatic heterocycles. The zero-order valence-electron chi connectivity index (χ0n) is 12.8. The monoisotopic (exact) mass is 311 g/mol. The highest BCUT2D eigenvalue weighted by Crippen LogP contribution is 2.28. The summed E-state index contributed by atoms with van der Waals surface area (Å²) in [5, 5.41) is 1.24. The fourth-order valence-corrected chi connectivity index (χ4v) is 3.67. The Labute approximate surface area is 135 Å². The number of benzene rings is 2. The third-order valence-corrected chi connectivity index (χ3v) is 4.88. The van der Waals surface area contributed by atoms with Gasteiger partial charge in [0.25, 0.3) is 0 Å². The quantitative estimate of drug-likeness (QED) is 0.706. The number of hydrogen-bond acceptors (Lipinski definition) is 4. The SMILES string of the molecule is CN(CCc1ccc(N)cc1)Cc1cc2cc(N)ccc2s1. The van der Waals surface area contributed by atoms with Crippen molar-refractivity contribution < 1.29 is 0 Å². The van der Waals surface area contributed by atoms with Gasteiger partial charge in [-0.15, -0.1) is 11.3 Å². The van der Waals surface area contributed by atoms with Gasteiger partial charge in [0.2, 0.25) is 0 Å². The van der Waals surface area contributed by atoms with E-state index in [2.05, 4.69) is 36.2 Å². The average molecular weight is 311 g/mol. The smallest absolute Gasteiger partial charge is 0.0347 e. The number of nitrogen functional groups attached to an aromatic ring is 2. The molecule has 0 aliphatic heterocycles. The molecule has 3 aromatic rings. The van der Waals surface area contributed by atoms with Gasteiger partial charge in [0.05, 0.1) is 0 Å². The number of nitrogens with two attached hydrogens (primary N) is 2. The van der Waals surface area contributed by atoms with E-state index in [4.69, 9.17) is 11.5 Å². The highest BCUT2D eigenvalue weighted by atomic mass is 32.1. The summed E-state index contributed by atoms with van der Waals surface area (Å²) in [6.07, 6.45) is 1.04. The van der Waals surface area contributed by atoms with Gasteiger partial charge in [0.15, 0.2) is 0 Å². The Kier molecular flexibility index (Phi) is 4.32. The standard InChI is InChI=1S/C18H21N3S/c1-21(9-8-13-2-4-15(19)5-3-13)12-17-11-14-10-16(20)6-7-18(14)22-17/h2-7,10-11H,8-9,12,19-20H2,1H3. The van der Waals surface area contributed by atoms with Crippen molar-refractivity contribution in [2.24, 2.45) is 0 Å². The van der Waals surface area contributed by atoms with Gasteiger partial charge in [-0.25, -0.2) is 0 Å². The molecule has 0 bridgehead atoms. The van der Waals surface area contributed by atoms with E-state index in [1.165, 1.54) is 20.5 Å². The van der Waals surface area contributed by atoms with Crippen molar-refractivity contribution >= 4 is 32.8 Å². The lowest BCUT2D eigenvalue weighted by Gasteiger charge is -2.15. The van der Waals surface area contributed by atoms with E-state index in [1.807, 2.05) is 35.6 Å². The van der Waals surface area contributed by atoms with Crippen molar-refractivity contribution in [1.29, 1.82) is 0 Å². The summed E-state index contributed by atoms with van der Waals surface area (Å²) in [6, 6.07) is 16.5. The summed E-state index contributed by atoms with van der Waals surface area (Å²) in [6.45, 7) is 1.99. The molecule has 0 unspecified atom stereocenters. The molecule has 1 heterocycles. The van der Waals surface area contributed by atoms with Gasteiger partial charge in [-0.2, -0.15) is 0 Å². The first kappa shape index (κ1) is 14.9. The molecule has 0 fully saturated rings. The number of nitrogens with zero attached hydrogens (tertiary/aromatic N) is 1. The van der Waals surface area contributed by atoms with E-state index in [0.717, 1.165) is 30.9 Å². The molecular formula is C18H21N3S. The van der Waals surface area contributed by atoms with Gasteiger partial charge in [-0.05, 0) is 60.8 Å². The van der Waals surface area contributed by atoms with Gasteiger partial charge >= 0.3 is 0 Å². The van der Waals surface area contributed by atoms with E-state index in [-0.39, 0.29) is 0 Å². The van der Waals surface area contributed by atoms with Crippen molar-refractivity contribution in [3.05, 3.63) is 59.0 Å². The Balaban J connectivity index is 1.60.